The summed E-state index contributed by atoms with van der Waals surface area (Å²) < 4.78 is 7.11. The Balaban J connectivity index is 2.35. The highest BCUT2D eigenvalue weighted by Crippen LogP contribution is 2.30. The van der Waals surface area contributed by atoms with E-state index < -0.39 is 11.7 Å². The van der Waals surface area contributed by atoms with Gasteiger partial charge in [-0.15, -0.1) is 0 Å². The number of nitrogens with zero attached hydrogens (tertiary/aromatic N) is 2. The van der Waals surface area contributed by atoms with Crippen molar-refractivity contribution in [2.45, 2.75) is 33.3 Å². The summed E-state index contributed by atoms with van der Waals surface area (Å²) in [4.78, 5) is 17.3. The predicted molar refractivity (Wildman–Crippen MR) is 93.7 cm³/mol. The number of hydrogen-bond donors (Lipinski definition) is 0. The van der Waals surface area contributed by atoms with Crippen LogP contribution in [0.25, 0.3) is 28.0 Å². The zero-order chi connectivity index (χ0) is 16.8. The van der Waals surface area contributed by atoms with Gasteiger partial charge in [0.05, 0.1) is 5.52 Å². The highest BCUT2D eigenvalue weighted by atomic mass is 16.6. The van der Waals surface area contributed by atoms with Crippen molar-refractivity contribution in [1.29, 1.82) is 0 Å². The van der Waals surface area contributed by atoms with E-state index in [1.54, 1.807) is 10.6 Å². The summed E-state index contributed by atoms with van der Waals surface area (Å²) >= 11 is 0. The van der Waals surface area contributed by atoms with Crippen molar-refractivity contribution in [3.05, 3.63) is 48.2 Å². The summed E-state index contributed by atoms with van der Waals surface area (Å²) in [6.07, 6.45) is 1.37. The average Bonchev–Trinajstić information content (AvgIpc) is 2.77. The molecule has 0 bridgehead atoms. The molecular formula is C19H20N2O2. The molecule has 4 heteroatoms. The first-order valence-corrected chi connectivity index (χ1v) is 7.58. The maximum absolute atomic E-state index is 12.7. The Bertz CT molecular complexity index is 930. The zero-order valence-corrected chi connectivity index (χ0v) is 13.9. The van der Waals surface area contributed by atoms with Crippen LogP contribution in [-0.2, 0) is 4.74 Å². The van der Waals surface area contributed by atoms with E-state index in [1.165, 1.54) is 0 Å². The fraction of sp³-hybridized carbons (Fsp3) is 0.263. The molecule has 0 amide bonds. The van der Waals surface area contributed by atoms with Gasteiger partial charge in [-0.2, -0.15) is 0 Å². The van der Waals surface area contributed by atoms with Crippen LogP contribution in [0.2, 0.25) is 0 Å². The number of carbonyl (C=O) groups excluding carboxylic acids is 1. The van der Waals surface area contributed by atoms with Crippen LogP contribution in [0.5, 0.6) is 0 Å². The molecule has 0 saturated carbocycles. The van der Waals surface area contributed by atoms with E-state index in [-0.39, 0.29) is 0 Å². The monoisotopic (exact) mass is 308 g/mol. The molecular weight excluding hydrogens is 288 g/mol. The van der Waals surface area contributed by atoms with Crippen LogP contribution in [-0.4, -0.2) is 21.2 Å². The minimum atomic E-state index is -0.565. The second-order valence-corrected chi connectivity index (χ2v) is 6.62. The predicted octanol–water partition coefficient (Wildman–Crippen LogP) is 4.92. The lowest BCUT2D eigenvalue weighted by Gasteiger charge is -2.20. The van der Waals surface area contributed by atoms with E-state index in [0.717, 1.165) is 27.5 Å². The van der Waals surface area contributed by atoms with Crippen LogP contribution < -0.4 is 0 Å². The second-order valence-electron chi connectivity index (χ2n) is 6.62. The van der Waals surface area contributed by atoms with E-state index in [9.17, 15) is 4.79 Å². The molecule has 0 N–H and O–H groups in total. The Morgan fingerprint density at radius 2 is 1.96 bits per heavy atom. The molecule has 0 unspecified atom stereocenters. The van der Waals surface area contributed by atoms with E-state index in [0.29, 0.717) is 5.65 Å². The summed E-state index contributed by atoms with van der Waals surface area (Å²) in [6.45, 7) is 11.3. The summed E-state index contributed by atoms with van der Waals surface area (Å²) in [6, 6.07) is 9.80. The summed E-state index contributed by atoms with van der Waals surface area (Å²) in [7, 11) is 0. The van der Waals surface area contributed by atoms with Crippen molar-refractivity contribution >= 4 is 34.1 Å². The van der Waals surface area contributed by atoms with Gasteiger partial charge in [-0.1, -0.05) is 18.7 Å². The zero-order valence-electron chi connectivity index (χ0n) is 13.9. The number of hydrogen-bond acceptors (Lipinski definition) is 3. The van der Waals surface area contributed by atoms with Crippen LogP contribution in [0, 0.1) is 6.92 Å². The molecule has 0 aliphatic rings. The van der Waals surface area contributed by atoms with Crippen LogP contribution >= 0.6 is 0 Å². The van der Waals surface area contributed by atoms with Crippen LogP contribution in [0.4, 0.5) is 4.79 Å². The minimum Gasteiger partial charge on any atom is -0.443 e. The number of ether oxygens (including phenoxy) is 1. The third kappa shape index (κ3) is 2.72. The molecule has 0 spiro atoms. The maximum Gasteiger partial charge on any atom is 0.420 e. The fourth-order valence-electron chi connectivity index (χ4n) is 2.62. The minimum absolute atomic E-state index is 0.415. The van der Waals surface area contributed by atoms with Gasteiger partial charge in [-0.25, -0.2) is 14.3 Å². The van der Waals surface area contributed by atoms with Crippen molar-refractivity contribution < 1.29 is 9.53 Å². The van der Waals surface area contributed by atoms with Gasteiger partial charge < -0.3 is 4.74 Å². The summed E-state index contributed by atoms with van der Waals surface area (Å²) in [5.74, 6) is 0. The number of aryl methyl sites for hydroxylation is 1. The van der Waals surface area contributed by atoms with Crippen molar-refractivity contribution in [1.82, 2.24) is 9.55 Å². The first kappa shape index (κ1) is 15.3. The van der Waals surface area contributed by atoms with E-state index in [4.69, 9.17) is 4.74 Å². The quantitative estimate of drug-likeness (QED) is 0.640. The first-order chi connectivity index (χ1) is 10.8. The number of fused-ring (bicyclic) bond motifs is 3. The van der Waals surface area contributed by atoms with Crippen LogP contribution in [0.1, 0.15) is 32.0 Å². The molecule has 0 fully saturated rings. The smallest absolute Gasteiger partial charge is 0.420 e. The molecule has 2 heterocycles. The largest absolute Gasteiger partial charge is 0.443 e. The highest BCUT2D eigenvalue weighted by molar-refractivity contribution is 6.11. The standard InChI is InChI=1S/C19H20N2O2/c1-6-13-8-10-16-15(11-13)14-9-7-12(2)20-17(14)21(16)18(22)23-19(3,4)5/h6-11H,1H2,2-5H3. The number of aromatic nitrogens is 2. The molecule has 0 saturated heterocycles. The molecule has 0 atom stereocenters. The number of rotatable bonds is 1. The molecule has 118 valence electrons. The summed E-state index contributed by atoms with van der Waals surface area (Å²) in [5, 5.41) is 1.90. The Labute approximate surface area is 135 Å². The second kappa shape index (κ2) is 5.23. The van der Waals surface area contributed by atoms with Crippen molar-refractivity contribution in [3.63, 3.8) is 0 Å². The van der Waals surface area contributed by atoms with Crippen LogP contribution in [0.3, 0.4) is 0 Å². The Hall–Kier alpha value is -2.62. The lowest BCUT2D eigenvalue weighted by molar-refractivity contribution is 0.0550. The molecule has 3 aromatic rings. The van der Waals surface area contributed by atoms with E-state index >= 15 is 0 Å². The molecule has 0 aliphatic carbocycles. The lowest BCUT2D eigenvalue weighted by atomic mass is 10.1. The number of benzene rings is 1. The van der Waals surface area contributed by atoms with Crippen molar-refractivity contribution in [2.75, 3.05) is 0 Å². The summed E-state index contributed by atoms with van der Waals surface area (Å²) in [5.41, 5.74) is 2.70. The molecule has 0 radical (unpaired) electrons. The molecule has 1 aromatic carbocycles. The topological polar surface area (TPSA) is 44.1 Å². The van der Waals surface area contributed by atoms with Crippen LogP contribution in [0.15, 0.2) is 36.9 Å². The van der Waals surface area contributed by atoms with E-state index in [1.807, 2.05) is 58.0 Å². The Morgan fingerprint density at radius 1 is 1.22 bits per heavy atom. The van der Waals surface area contributed by atoms with Gasteiger partial charge in [0.2, 0.25) is 0 Å². The third-order valence-corrected chi connectivity index (χ3v) is 3.59. The van der Waals surface area contributed by atoms with Gasteiger partial charge in [0.25, 0.3) is 0 Å². The highest BCUT2D eigenvalue weighted by Gasteiger charge is 2.23. The number of carbonyl (C=O) groups is 1. The Morgan fingerprint density at radius 3 is 2.61 bits per heavy atom. The average molecular weight is 308 g/mol. The molecule has 2 aromatic heterocycles. The first-order valence-electron chi connectivity index (χ1n) is 7.58. The van der Waals surface area contributed by atoms with Crippen molar-refractivity contribution in [2.24, 2.45) is 0 Å². The maximum atomic E-state index is 12.7. The third-order valence-electron chi connectivity index (χ3n) is 3.59. The van der Waals surface area contributed by atoms with E-state index in [2.05, 4.69) is 11.6 Å². The SMILES string of the molecule is C=Cc1ccc2c(c1)c1ccc(C)nc1n2C(=O)OC(C)(C)C. The van der Waals surface area contributed by atoms with Crippen molar-refractivity contribution in [3.8, 4) is 0 Å². The molecule has 23 heavy (non-hydrogen) atoms. The van der Waals surface area contributed by atoms with Gasteiger partial charge in [0.15, 0.2) is 5.65 Å². The van der Waals surface area contributed by atoms with Gasteiger partial charge in [-0.3, -0.25) is 0 Å². The normalized spacial score (nSPS) is 11.8. The van der Waals surface area contributed by atoms with Gasteiger partial charge in [0, 0.05) is 16.5 Å². The molecule has 4 nitrogen and oxygen atoms in total. The molecule has 0 aliphatic heterocycles. The Kier molecular flexibility index (Phi) is 3.48. The van der Waals surface area contributed by atoms with Gasteiger partial charge in [-0.05, 0) is 57.5 Å². The fourth-order valence-corrected chi connectivity index (χ4v) is 2.62. The number of pyridine rings is 1. The lowest BCUT2D eigenvalue weighted by Crippen LogP contribution is -2.27. The van der Waals surface area contributed by atoms with Gasteiger partial charge >= 0.3 is 6.09 Å². The van der Waals surface area contributed by atoms with Gasteiger partial charge in [0.1, 0.15) is 5.60 Å². The molecule has 3 rings (SSSR count).